The van der Waals surface area contributed by atoms with E-state index < -0.39 is 24.1 Å². The van der Waals surface area contributed by atoms with Gasteiger partial charge in [-0.15, -0.1) is 0 Å². The fourth-order valence-corrected chi connectivity index (χ4v) is 5.04. The summed E-state index contributed by atoms with van der Waals surface area (Å²) in [4.78, 5) is 24.7. The minimum atomic E-state index is -1.34. The van der Waals surface area contributed by atoms with Gasteiger partial charge >= 0.3 is 11.9 Å². The quantitative estimate of drug-likeness (QED) is 0.295. The minimum Gasteiger partial charge on any atom is -0.504 e. The molecule has 218 valence electrons. The van der Waals surface area contributed by atoms with E-state index in [2.05, 4.69) is 4.74 Å². The summed E-state index contributed by atoms with van der Waals surface area (Å²) in [6.45, 7) is 0.432. The second kappa shape index (κ2) is 13.4. The molecule has 1 heterocycles. The third-order valence-corrected chi connectivity index (χ3v) is 7.23. The molecule has 41 heavy (non-hydrogen) atoms. The number of aromatic hydroxyl groups is 2. The third kappa shape index (κ3) is 7.08. The van der Waals surface area contributed by atoms with Crippen molar-refractivity contribution in [1.82, 2.24) is 0 Å². The van der Waals surface area contributed by atoms with E-state index in [1.54, 1.807) is 48.5 Å². The van der Waals surface area contributed by atoms with Crippen molar-refractivity contribution >= 4 is 11.9 Å². The zero-order valence-corrected chi connectivity index (χ0v) is 23.1. The first-order valence-electron chi connectivity index (χ1n) is 13.1. The predicted octanol–water partition coefficient (Wildman–Crippen LogP) is 3.59. The molecular weight excluding hydrogens is 532 g/mol. The van der Waals surface area contributed by atoms with Crippen molar-refractivity contribution in [2.45, 2.75) is 25.0 Å². The molecule has 0 bridgehead atoms. The largest absolute Gasteiger partial charge is 0.504 e. The second-order valence-corrected chi connectivity index (χ2v) is 9.86. The molecule has 1 fully saturated rings. The fourth-order valence-electron chi connectivity index (χ4n) is 5.04. The van der Waals surface area contributed by atoms with E-state index in [0.29, 0.717) is 30.1 Å². The molecular formula is C31H34O10. The monoisotopic (exact) mass is 566 g/mol. The van der Waals surface area contributed by atoms with Crippen LogP contribution >= 0.6 is 0 Å². The highest BCUT2D eigenvalue weighted by atomic mass is 16.5. The summed E-state index contributed by atoms with van der Waals surface area (Å²) in [6, 6.07) is 16.7. The van der Waals surface area contributed by atoms with Crippen LogP contribution in [0.3, 0.4) is 0 Å². The zero-order valence-electron chi connectivity index (χ0n) is 23.1. The lowest BCUT2D eigenvalue weighted by molar-refractivity contribution is -0.150. The Kier molecular flexibility index (Phi) is 9.69. The molecule has 10 heteroatoms. The van der Waals surface area contributed by atoms with Crippen LogP contribution in [0.15, 0.2) is 60.7 Å². The molecule has 1 aliphatic heterocycles. The number of ether oxygens (including phenoxy) is 5. The molecule has 0 amide bonds. The molecule has 0 radical (unpaired) electrons. The van der Waals surface area contributed by atoms with Crippen molar-refractivity contribution in [1.29, 1.82) is 0 Å². The number of phenolic OH excluding ortho intramolecular Hbond substituents is 2. The predicted molar refractivity (Wildman–Crippen MR) is 147 cm³/mol. The number of hydrogen-bond donors (Lipinski definition) is 3. The summed E-state index contributed by atoms with van der Waals surface area (Å²) in [7, 11) is 4.14. The van der Waals surface area contributed by atoms with E-state index in [1.807, 2.05) is 6.07 Å². The number of carbonyl (C=O) groups excluding carboxylic acids is 2. The molecule has 1 aliphatic rings. The summed E-state index contributed by atoms with van der Waals surface area (Å²) in [5.41, 5.74) is 2.55. The van der Waals surface area contributed by atoms with Gasteiger partial charge in [-0.05, 0) is 65.4 Å². The van der Waals surface area contributed by atoms with Gasteiger partial charge in [0.25, 0.3) is 0 Å². The van der Waals surface area contributed by atoms with Gasteiger partial charge < -0.3 is 39.0 Å². The molecule has 4 atom stereocenters. The maximum absolute atomic E-state index is 13.1. The van der Waals surface area contributed by atoms with Crippen molar-refractivity contribution < 1.29 is 48.6 Å². The Hall–Kier alpha value is -4.28. The summed E-state index contributed by atoms with van der Waals surface area (Å²) in [5.74, 6) is -0.907. The lowest BCUT2D eigenvalue weighted by Crippen LogP contribution is -2.25. The van der Waals surface area contributed by atoms with Crippen LogP contribution in [0.5, 0.6) is 23.0 Å². The van der Waals surface area contributed by atoms with Crippen LogP contribution in [0, 0.1) is 11.8 Å². The van der Waals surface area contributed by atoms with E-state index in [1.165, 1.54) is 27.4 Å². The Labute approximate surface area is 238 Å². The van der Waals surface area contributed by atoms with Crippen LogP contribution in [-0.4, -0.2) is 67.9 Å². The smallest absolute Gasteiger partial charge is 0.338 e. The van der Waals surface area contributed by atoms with Gasteiger partial charge in [0.05, 0.1) is 46.2 Å². The number of rotatable bonds is 11. The summed E-state index contributed by atoms with van der Waals surface area (Å²) >= 11 is 0. The molecule has 0 unspecified atom stereocenters. The van der Waals surface area contributed by atoms with Gasteiger partial charge in [-0.3, -0.25) is 0 Å². The molecule has 10 nitrogen and oxygen atoms in total. The van der Waals surface area contributed by atoms with E-state index in [9.17, 15) is 24.9 Å². The Morgan fingerprint density at radius 1 is 0.927 bits per heavy atom. The standard InChI is InChI=1S/C31H34O10/c1-37-27-14-19(7-9-24(27)32)12-22-16-40-29(20-8-10-25(33)28(15-20)38-2)23(22)17-41-30(35)21-6-4-5-18(11-21)13-26(34)31(36)39-3/h4-11,14-15,22-23,26,29,32-34H,12-13,16-17H2,1-3H3/t22-,23-,26-,29+/m1/s1. The maximum Gasteiger partial charge on any atom is 0.338 e. The number of esters is 2. The zero-order chi connectivity index (χ0) is 29.5. The highest BCUT2D eigenvalue weighted by molar-refractivity contribution is 5.89. The summed E-state index contributed by atoms with van der Waals surface area (Å²) in [5, 5.41) is 30.1. The fraction of sp³-hybridized carbons (Fsp3) is 0.355. The number of methoxy groups -OCH3 is 3. The van der Waals surface area contributed by atoms with Crippen molar-refractivity contribution in [2.24, 2.45) is 11.8 Å². The first-order chi connectivity index (χ1) is 19.7. The molecule has 4 rings (SSSR count). The van der Waals surface area contributed by atoms with Gasteiger partial charge in [-0.1, -0.05) is 24.3 Å². The van der Waals surface area contributed by atoms with Crippen LogP contribution in [0.2, 0.25) is 0 Å². The highest BCUT2D eigenvalue weighted by Gasteiger charge is 2.39. The van der Waals surface area contributed by atoms with Gasteiger partial charge in [-0.2, -0.15) is 0 Å². The number of phenols is 2. The van der Waals surface area contributed by atoms with Crippen LogP contribution in [-0.2, 0) is 31.8 Å². The minimum absolute atomic E-state index is 0.00200. The lowest BCUT2D eigenvalue weighted by atomic mass is 9.84. The molecule has 1 saturated heterocycles. The van der Waals surface area contributed by atoms with Gasteiger partial charge in [0.15, 0.2) is 29.1 Å². The summed E-state index contributed by atoms with van der Waals surface area (Å²) < 4.78 is 27.1. The summed E-state index contributed by atoms with van der Waals surface area (Å²) in [6.07, 6.45) is -1.22. The molecule has 3 aromatic carbocycles. The second-order valence-electron chi connectivity index (χ2n) is 9.86. The molecule has 0 aromatic heterocycles. The first-order valence-corrected chi connectivity index (χ1v) is 13.1. The van der Waals surface area contributed by atoms with E-state index in [-0.39, 0.29) is 41.9 Å². The van der Waals surface area contributed by atoms with Gasteiger partial charge in [-0.25, -0.2) is 9.59 Å². The van der Waals surface area contributed by atoms with Crippen LogP contribution in [0.4, 0.5) is 0 Å². The topological polar surface area (TPSA) is 141 Å². The SMILES string of the molecule is COC(=O)[C@H](O)Cc1cccc(C(=O)OC[C@@H]2[C@H](Cc3ccc(O)c(OC)c3)CO[C@H]2c2ccc(O)c(OC)c2)c1. The third-order valence-electron chi connectivity index (χ3n) is 7.23. The Bertz CT molecular complexity index is 1370. The lowest BCUT2D eigenvalue weighted by Gasteiger charge is -2.24. The van der Waals surface area contributed by atoms with Crippen LogP contribution in [0.25, 0.3) is 0 Å². The van der Waals surface area contributed by atoms with Crippen LogP contribution < -0.4 is 9.47 Å². The average Bonchev–Trinajstić information content (AvgIpc) is 3.38. The Balaban J connectivity index is 1.54. The number of carbonyl (C=O) groups is 2. The average molecular weight is 567 g/mol. The highest BCUT2D eigenvalue weighted by Crippen LogP contribution is 2.43. The van der Waals surface area contributed by atoms with E-state index >= 15 is 0 Å². The molecule has 0 spiro atoms. The van der Waals surface area contributed by atoms with Crippen molar-refractivity contribution in [2.75, 3.05) is 34.5 Å². The number of hydrogen-bond acceptors (Lipinski definition) is 10. The van der Waals surface area contributed by atoms with Crippen LogP contribution in [0.1, 0.15) is 33.2 Å². The number of aliphatic hydroxyl groups is 1. The molecule has 3 N–H and O–H groups in total. The van der Waals surface area contributed by atoms with Crippen molar-refractivity contribution in [3.8, 4) is 23.0 Å². The maximum atomic E-state index is 13.1. The molecule has 0 aliphatic carbocycles. The van der Waals surface area contributed by atoms with Crippen molar-refractivity contribution in [3.63, 3.8) is 0 Å². The van der Waals surface area contributed by atoms with E-state index in [4.69, 9.17) is 18.9 Å². The number of benzene rings is 3. The Morgan fingerprint density at radius 2 is 1.63 bits per heavy atom. The number of aliphatic hydroxyl groups excluding tert-OH is 1. The molecule has 0 saturated carbocycles. The van der Waals surface area contributed by atoms with E-state index in [0.717, 1.165) is 11.1 Å². The van der Waals surface area contributed by atoms with Gasteiger partial charge in [0, 0.05) is 12.3 Å². The first kappa shape index (κ1) is 29.7. The normalized spacial score (nSPS) is 18.9. The van der Waals surface area contributed by atoms with Gasteiger partial charge in [0.2, 0.25) is 0 Å². The van der Waals surface area contributed by atoms with Crippen molar-refractivity contribution in [3.05, 3.63) is 82.9 Å². The Morgan fingerprint density at radius 3 is 2.34 bits per heavy atom. The van der Waals surface area contributed by atoms with Gasteiger partial charge in [0.1, 0.15) is 0 Å². The molecule has 3 aromatic rings.